The largest absolute Gasteiger partial charge is 0.486 e. The van der Waals surface area contributed by atoms with Crippen LogP contribution in [0.3, 0.4) is 0 Å². The Labute approximate surface area is 166 Å². The summed E-state index contributed by atoms with van der Waals surface area (Å²) in [6.45, 7) is 1.33. The molecule has 6 nitrogen and oxygen atoms in total. The van der Waals surface area contributed by atoms with Gasteiger partial charge in [-0.1, -0.05) is 15.9 Å². The van der Waals surface area contributed by atoms with Gasteiger partial charge in [-0.2, -0.15) is 0 Å². The van der Waals surface area contributed by atoms with Crippen molar-refractivity contribution in [1.82, 2.24) is 0 Å². The minimum atomic E-state index is -0.611. The molecule has 0 unspecified atom stereocenters. The molecule has 0 aliphatic heterocycles. The number of rotatable bonds is 4. The topological polar surface area (TPSA) is 86.7 Å². The molecule has 0 saturated carbocycles. The van der Waals surface area contributed by atoms with Crippen LogP contribution in [0.15, 0.2) is 71.4 Å². The first kappa shape index (κ1) is 18.2. The van der Waals surface area contributed by atoms with E-state index in [2.05, 4.69) is 15.9 Å². The second kappa shape index (κ2) is 7.09. The molecule has 2 heterocycles. The van der Waals surface area contributed by atoms with Crippen LogP contribution in [-0.4, -0.2) is 12.4 Å². The van der Waals surface area contributed by atoms with E-state index in [0.29, 0.717) is 27.7 Å². The first-order valence-corrected chi connectivity index (χ1v) is 9.14. The van der Waals surface area contributed by atoms with Gasteiger partial charge in [0.05, 0.1) is 5.56 Å². The monoisotopic (exact) mass is 440 g/mol. The number of ether oxygens (including phenoxy) is 1. The molecule has 28 heavy (non-hydrogen) atoms. The molecule has 0 amide bonds. The molecule has 4 aromatic rings. The molecular formula is C21H13BrO6. The number of Topliss-reactive ketones (excluding diaryl/α,β-unsaturated/α-hetero) is 1. The van der Waals surface area contributed by atoms with Crippen molar-refractivity contribution in [1.29, 1.82) is 0 Å². The lowest BCUT2D eigenvalue weighted by Crippen LogP contribution is -2.08. The summed E-state index contributed by atoms with van der Waals surface area (Å²) in [5.74, 6) is 0.257. The first-order valence-electron chi connectivity index (χ1n) is 8.34. The van der Waals surface area contributed by atoms with Crippen molar-refractivity contribution in [3.05, 3.63) is 73.8 Å². The number of carbonyl (C=O) groups excluding carboxylic acids is 1. The molecule has 7 heteroatoms. The van der Waals surface area contributed by atoms with E-state index in [1.165, 1.54) is 19.1 Å². The maximum atomic E-state index is 12.5. The molecule has 0 radical (unpaired) electrons. The lowest BCUT2D eigenvalue weighted by atomic mass is 10.0. The molecule has 0 bridgehead atoms. The van der Waals surface area contributed by atoms with Crippen LogP contribution in [0.1, 0.15) is 6.92 Å². The summed E-state index contributed by atoms with van der Waals surface area (Å²) in [5.41, 5.74) is 0.181. The standard InChI is InChI=1S/C21H13BrO6/c1-11(23)10-26-14-3-4-15-16(9-20(24)27-19(15)8-14)17-7-12-6-13(22)2-5-18(12)28-21(17)25/h2-9H,10H2,1H3. The molecular weight excluding hydrogens is 428 g/mol. The van der Waals surface area contributed by atoms with Crippen LogP contribution in [0.4, 0.5) is 0 Å². The summed E-state index contributed by atoms with van der Waals surface area (Å²) < 4.78 is 16.9. The maximum Gasteiger partial charge on any atom is 0.344 e. The molecule has 0 atom stereocenters. The van der Waals surface area contributed by atoms with Gasteiger partial charge in [0.1, 0.15) is 23.5 Å². The lowest BCUT2D eigenvalue weighted by molar-refractivity contribution is -0.118. The van der Waals surface area contributed by atoms with Crippen molar-refractivity contribution in [2.45, 2.75) is 6.92 Å². The van der Waals surface area contributed by atoms with Crippen LogP contribution >= 0.6 is 15.9 Å². The van der Waals surface area contributed by atoms with Crippen molar-refractivity contribution < 1.29 is 18.4 Å². The van der Waals surface area contributed by atoms with Gasteiger partial charge in [-0.05, 0) is 43.3 Å². The summed E-state index contributed by atoms with van der Waals surface area (Å²) in [5, 5.41) is 1.27. The minimum Gasteiger partial charge on any atom is -0.486 e. The maximum absolute atomic E-state index is 12.5. The highest BCUT2D eigenvalue weighted by Crippen LogP contribution is 2.30. The van der Waals surface area contributed by atoms with E-state index in [-0.39, 0.29) is 23.5 Å². The number of hydrogen-bond acceptors (Lipinski definition) is 6. The quantitative estimate of drug-likeness (QED) is 0.439. The molecule has 4 rings (SSSR count). The number of carbonyl (C=O) groups is 1. The van der Waals surface area contributed by atoms with Crippen molar-refractivity contribution in [3.63, 3.8) is 0 Å². The molecule has 0 N–H and O–H groups in total. The zero-order valence-corrected chi connectivity index (χ0v) is 16.2. The second-order valence-electron chi connectivity index (χ2n) is 6.26. The van der Waals surface area contributed by atoms with E-state index >= 15 is 0 Å². The van der Waals surface area contributed by atoms with Gasteiger partial charge in [-0.25, -0.2) is 9.59 Å². The van der Waals surface area contributed by atoms with Crippen LogP contribution in [0, 0.1) is 0 Å². The zero-order valence-electron chi connectivity index (χ0n) is 14.7. The van der Waals surface area contributed by atoms with E-state index in [1.807, 2.05) is 6.07 Å². The Morgan fingerprint density at radius 3 is 2.57 bits per heavy atom. The number of fused-ring (bicyclic) bond motifs is 2. The Bertz CT molecular complexity index is 1350. The highest BCUT2D eigenvalue weighted by molar-refractivity contribution is 9.10. The predicted octanol–water partition coefficient (Wildman–Crippen LogP) is 4.30. The van der Waals surface area contributed by atoms with E-state index in [0.717, 1.165) is 4.47 Å². The lowest BCUT2D eigenvalue weighted by Gasteiger charge is -2.08. The van der Waals surface area contributed by atoms with Gasteiger partial charge in [-0.3, -0.25) is 4.79 Å². The van der Waals surface area contributed by atoms with Crippen molar-refractivity contribution in [3.8, 4) is 16.9 Å². The van der Waals surface area contributed by atoms with Gasteiger partial charge in [0, 0.05) is 32.9 Å². The number of halogens is 1. The average molecular weight is 441 g/mol. The summed E-state index contributed by atoms with van der Waals surface area (Å²) in [7, 11) is 0. The number of hydrogen-bond donors (Lipinski definition) is 0. The third kappa shape index (κ3) is 3.48. The Morgan fingerprint density at radius 1 is 0.964 bits per heavy atom. The molecule has 140 valence electrons. The normalized spacial score (nSPS) is 11.1. The Hall–Kier alpha value is -3.19. The van der Waals surface area contributed by atoms with Crippen LogP contribution < -0.4 is 16.0 Å². The molecule has 0 fully saturated rings. The van der Waals surface area contributed by atoms with Crippen LogP contribution in [0.5, 0.6) is 5.75 Å². The van der Waals surface area contributed by atoms with Crippen molar-refractivity contribution >= 4 is 43.7 Å². The summed E-state index contributed by atoms with van der Waals surface area (Å²) >= 11 is 3.39. The average Bonchev–Trinajstić information content (AvgIpc) is 2.65. The summed E-state index contributed by atoms with van der Waals surface area (Å²) in [6, 6.07) is 13.1. The predicted molar refractivity (Wildman–Crippen MR) is 108 cm³/mol. The van der Waals surface area contributed by atoms with Crippen LogP contribution in [0.25, 0.3) is 33.1 Å². The Morgan fingerprint density at radius 2 is 1.79 bits per heavy atom. The third-order valence-corrected chi connectivity index (χ3v) is 4.64. The molecule has 0 aliphatic carbocycles. The van der Waals surface area contributed by atoms with Gasteiger partial charge < -0.3 is 13.6 Å². The SMILES string of the molecule is CC(=O)COc1ccc2c(-c3cc4cc(Br)ccc4oc3=O)cc(=O)oc2c1. The highest BCUT2D eigenvalue weighted by Gasteiger charge is 2.14. The van der Waals surface area contributed by atoms with Gasteiger partial charge in [0.25, 0.3) is 0 Å². The zero-order chi connectivity index (χ0) is 19.8. The Kier molecular flexibility index (Phi) is 4.60. The van der Waals surface area contributed by atoms with E-state index in [9.17, 15) is 14.4 Å². The fourth-order valence-electron chi connectivity index (χ4n) is 2.92. The number of benzene rings is 2. The van der Waals surface area contributed by atoms with Gasteiger partial charge >= 0.3 is 11.3 Å². The van der Waals surface area contributed by atoms with Crippen LogP contribution in [0.2, 0.25) is 0 Å². The molecule has 2 aromatic carbocycles. The highest BCUT2D eigenvalue weighted by atomic mass is 79.9. The van der Waals surface area contributed by atoms with Gasteiger partial charge in [0.15, 0.2) is 5.78 Å². The van der Waals surface area contributed by atoms with Crippen LogP contribution in [-0.2, 0) is 4.79 Å². The summed E-state index contributed by atoms with van der Waals surface area (Å²) in [4.78, 5) is 35.7. The fraction of sp³-hybridized carbons (Fsp3) is 0.0952. The van der Waals surface area contributed by atoms with Crippen molar-refractivity contribution in [2.24, 2.45) is 0 Å². The van der Waals surface area contributed by atoms with E-state index in [4.69, 9.17) is 13.6 Å². The molecule has 2 aromatic heterocycles. The first-order chi connectivity index (χ1) is 13.4. The van der Waals surface area contributed by atoms with Crippen molar-refractivity contribution in [2.75, 3.05) is 6.61 Å². The second-order valence-corrected chi connectivity index (χ2v) is 7.17. The smallest absolute Gasteiger partial charge is 0.344 e. The Balaban J connectivity index is 1.92. The summed E-state index contributed by atoms with van der Waals surface area (Å²) in [6.07, 6.45) is 0. The van der Waals surface area contributed by atoms with E-state index in [1.54, 1.807) is 30.3 Å². The fourth-order valence-corrected chi connectivity index (χ4v) is 3.30. The van der Waals surface area contributed by atoms with Gasteiger partial charge in [0.2, 0.25) is 0 Å². The molecule has 0 aliphatic rings. The third-order valence-electron chi connectivity index (χ3n) is 4.14. The van der Waals surface area contributed by atoms with Gasteiger partial charge in [-0.15, -0.1) is 0 Å². The minimum absolute atomic E-state index is 0.0848. The molecule has 0 saturated heterocycles. The molecule has 0 spiro atoms. The number of ketones is 1. The van der Waals surface area contributed by atoms with E-state index < -0.39 is 11.3 Å².